The molecule has 2 aromatic carbocycles. The Balaban J connectivity index is 1.37. The number of benzene rings is 2. The smallest absolute Gasteiger partial charge is 0.374 e. The SMILES string of the molecule is CCO[Si](CCCc1ccccc1SSSSSSSc1nc2ccccc2s1)(OCC)OCC. The van der Waals surface area contributed by atoms with E-state index in [1.807, 2.05) is 47.5 Å². The highest BCUT2D eigenvalue weighted by atomic mass is 33.9. The van der Waals surface area contributed by atoms with Gasteiger partial charge in [-0.3, -0.25) is 0 Å². The van der Waals surface area contributed by atoms with Crippen LogP contribution >= 0.6 is 82.1 Å². The Hall–Kier alpha value is 0.877. The van der Waals surface area contributed by atoms with E-state index in [-0.39, 0.29) is 0 Å². The molecule has 0 bridgehead atoms. The molecular formula is C22H29NO3S8Si. The largest absolute Gasteiger partial charge is 0.500 e. The first-order valence-electron chi connectivity index (χ1n) is 11.2. The Morgan fingerprint density at radius 3 is 2.11 bits per heavy atom. The van der Waals surface area contributed by atoms with Gasteiger partial charge in [-0.1, -0.05) is 30.3 Å². The Morgan fingerprint density at radius 2 is 1.40 bits per heavy atom. The molecule has 0 aliphatic rings. The maximum Gasteiger partial charge on any atom is 0.500 e. The number of hydrogen-bond acceptors (Lipinski definition) is 12. The fourth-order valence-corrected chi connectivity index (χ4v) is 21.4. The summed E-state index contributed by atoms with van der Waals surface area (Å²) < 4.78 is 20.4. The van der Waals surface area contributed by atoms with E-state index in [0.29, 0.717) is 19.8 Å². The zero-order valence-electron chi connectivity index (χ0n) is 19.8. The minimum atomic E-state index is -2.58. The molecule has 0 radical (unpaired) electrons. The molecule has 3 aromatic rings. The molecule has 4 nitrogen and oxygen atoms in total. The van der Waals surface area contributed by atoms with Crippen molar-refractivity contribution in [1.29, 1.82) is 0 Å². The standard InChI is InChI=1S/C22H29NO3S8Si/c1-4-24-35(25-5-2,26-6-3)17-11-13-18-12-7-9-15-20(18)28-30-32-34-33-31-29-22-23-19-14-8-10-16-21(19)27-22/h7-10,12,14-16H,4-6,11,13,17H2,1-3H3. The lowest BCUT2D eigenvalue weighted by Gasteiger charge is -2.28. The first-order chi connectivity index (χ1) is 17.2. The minimum absolute atomic E-state index is 0.625. The molecular weight excluding hydrogens is 611 g/mol. The summed E-state index contributed by atoms with van der Waals surface area (Å²) in [5.74, 6) is 0. The molecule has 0 N–H and O–H groups in total. The van der Waals surface area contributed by atoms with Crippen LogP contribution in [0.5, 0.6) is 0 Å². The van der Waals surface area contributed by atoms with Crippen LogP contribution in [0.1, 0.15) is 32.8 Å². The van der Waals surface area contributed by atoms with Gasteiger partial charge in [0.05, 0.1) is 10.2 Å². The molecule has 0 saturated heterocycles. The zero-order valence-corrected chi connectivity index (χ0v) is 27.3. The van der Waals surface area contributed by atoms with Crippen LogP contribution in [0.3, 0.4) is 0 Å². The van der Waals surface area contributed by atoms with Crippen LogP contribution in [0.2, 0.25) is 6.04 Å². The number of fused-ring (bicyclic) bond motifs is 1. The van der Waals surface area contributed by atoms with Crippen LogP contribution in [0.25, 0.3) is 10.2 Å². The average Bonchev–Trinajstić information content (AvgIpc) is 3.28. The summed E-state index contributed by atoms with van der Waals surface area (Å²) in [5, 5.41) is 0. The third-order valence-electron chi connectivity index (χ3n) is 4.61. The van der Waals surface area contributed by atoms with Gasteiger partial charge in [0.15, 0.2) is 4.34 Å². The third-order valence-corrected chi connectivity index (χ3v) is 21.9. The van der Waals surface area contributed by atoms with Crippen LogP contribution in [0.15, 0.2) is 57.8 Å². The molecule has 1 heterocycles. The van der Waals surface area contributed by atoms with Crippen molar-refractivity contribution in [2.45, 2.75) is 48.9 Å². The van der Waals surface area contributed by atoms with Crippen molar-refractivity contribution in [2.24, 2.45) is 0 Å². The lowest BCUT2D eigenvalue weighted by Crippen LogP contribution is -2.46. The highest BCUT2D eigenvalue weighted by Crippen LogP contribution is 2.57. The van der Waals surface area contributed by atoms with Gasteiger partial charge in [0, 0.05) is 30.8 Å². The second-order valence-electron chi connectivity index (χ2n) is 6.90. The number of hydrogen-bond donors (Lipinski definition) is 0. The van der Waals surface area contributed by atoms with Gasteiger partial charge in [-0.15, -0.1) is 11.3 Å². The van der Waals surface area contributed by atoms with Crippen molar-refractivity contribution in [3.05, 3.63) is 54.1 Å². The van der Waals surface area contributed by atoms with Gasteiger partial charge in [0.2, 0.25) is 0 Å². The van der Waals surface area contributed by atoms with E-state index in [1.54, 1.807) is 61.4 Å². The lowest BCUT2D eigenvalue weighted by molar-refractivity contribution is 0.0708. The van der Waals surface area contributed by atoms with Gasteiger partial charge in [-0.25, -0.2) is 4.98 Å². The van der Waals surface area contributed by atoms with Crippen molar-refractivity contribution in [1.82, 2.24) is 4.98 Å². The number of aromatic nitrogens is 1. The number of nitrogens with zero attached hydrogens (tertiary/aromatic N) is 1. The van der Waals surface area contributed by atoms with Gasteiger partial charge in [-0.05, 0) is 128 Å². The first-order valence-corrected chi connectivity index (χ1v) is 22.8. The van der Waals surface area contributed by atoms with Crippen LogP contribution in [-0.2, 0) is 19.7 Å². The summed E-state index contributed by atoms with van der Waals surface area (Å²) in [6.07, 6.45) is 1.98. The average molecular weight is 640 g/mol. The molecule has 0 unspecified atom stereocenters. The van der Waals surface area contributed by atoms with Crippen molar-refractivity contribution in [2.75, 3.05) is 19.8 Å². The van der Waals surface area contributed by atoms with Gasteiger partial charge in [-0.2, -0.15) is 0 Å². The highest BCUT2D eigenvalue weighted by Gasteiger charge is 2.39. The van der Waals surface area contributed by atoms with Crippen LogP contribution < -0.4 is 0 Å². The van der Waals surface area contributed by atoms with Gasteiger partial charge in [0.1, 0.15) is 0 Å². The van der Waals surface area contributed by atoms with Crippen LogP contribution in [0, 0.1) is 0 Å². The van der Waals surface area contributed by atoms with Gasteiger partial charge < -0.3 is 13.3 Å². The topological polar surface area (TPSA) is 40.6 Å². The fraction of sp³-hybridized carbons (Fsp3) is 0.409. The van der Waals surface area contributed by atoms with Crippen molar-refractivity contribution in [3.63, 3.8) is 0 Å². The molecule has 0 amide bonds. The molecule has 0 spiro atoms. The summed E-state index contributed by atoms with van der Waals surface area (Å²) in [4.78, 5) is 5.99. The predicted octanol–water partition coefficient (Wildman–Crippen LogP) is 10.3. The van der Waals surface area contributed by atoms with E-state index < -0.39 is 8.80 Å². The molecule has 0 saturated carbocycles. The Bertz CT molecular complexity index is 961. The summed E-state index contributed by atoms with van der Waals surface area (Å²) >= 11 is 1.75. The molecule has 3 rings (SSSR count). The summed E-state index contributed by atoms with van der Waals surface area (Å²) in [6.45, 7) is 7.90. The maximum absolute atomic E-state index is 6.00. The zero-order chi connectivity index (χ0) is 24.8. The fourth-order valence-electron chi connectivity index (χ4n) is 3.30. The van der Waals surface area contributed by atoms with Gasteiger partial charge >= 0.3 is 8.80 Å². The number of aryl methyl sites for hydroxylation is 1. The minimum Gasteiger partial charge on any atom is -0.374 e. The van der Waals surface area contributed by atoms with Gasteiger partial charge in [0.25, 0.3) is 0 Å². The van der Waals surface area contributed by atoms with E-state index in [1.165, 1.54) is 15.2 Å². The van der Waals surface area contributed by atoms with E-state index >= 15 is 0 Å². The summed E-state index contributed by atoms with van der Waals surface area (Å²) in [5.41, 5.74) is 2.45. The molecule has 13 heteroatoms. The Morgan fingerprint density at radius 1 is 0.771 bits per heavy atom. The molecule has 1 aromatic heterocycles. The lowest BCUT2D eigenvalue weighted by atomic mass is 10.1. The normalized spacial score (nSPS) is 12.0. The molecule has 0 atom stereocenters. The van der Waals surface area contributed by atoms with Crippen LogP contribution in [0.4, 0.5) is 0 Å². The van der Waals surface area contributed by atoms with E-state index in [2.05, 4.69) is 47.4 Å². The quantitative estimate of drug-likeness (QED) is 0.0758. The summed E-state index contributed by atoms with van der Waals surface area (Å²) in [7, 11) is 9.94. The maximum atomic E-state index is 6.00. The Kier molecular flexibility index (Phi) is 15.2. The predicted molar refractivity (Wildman–Crippen MR) is 169 cm³/mol. The van der Waals surface area contributed by atoms with E-state index in [9.17, 15) is 0 Å². The number of rotatable bonds is 18. The second-order valence-corrected chi connectivity index (χ2v) is 21.9. The van der Waals surface area contributed by atoms with Crippen molar-refractivity contribution < 1.29 is 13.3 Å². The first kappa shape index (κ1) is 30.4. The number of para-hydroxylation sites is 1. The van der Waals surface area contributed by atoms with Crippen molar-refractivity contribution in [3.8, 4) is 0 Å². The Labute approximate surface area is 240 Å². The van der Waals surface area contributed by atoms with E-state index in [4.69, 9.17) is 13.3 Å². The number of thiazole rings is 1. The molecule has 192 valence electrons. The molecule has 0 fully saturated rings. The molecule has 35 heavy (non-hydrogen) atoms. The van der Waals surface area contributed by atoms with Crippen molar-refractivity contribution >= 4 is 101 Å². The molecule has 0 aliphatic carbocycles. The monoisotopic (exact) mass is 639 g/mol. The van der Waals surface area contributed by atoms with Crippen LogP contribution in [-0.4, -0.2) is 33.6 Å². The molecule has 0 aliphatic heterocycles. The van der Waals surface area contributed by atoms with E-state index in [0.717, 1.165) is 28.7 Å². The third kappa shape index (κ3) is 10.5. The highest BCUT2D eigenvalue weighted by molar-refractivity contribution is 9.46. The second kappa shape index (κ2) is 17.5. The summed E-state index contributed by atoms with van der Waals surface area (Å²) in [6, 6.07) is 17.8.